The van der Waals surface area contributed by atoms with Gasteiger partial charge in [0.15, 0.2) is 0 Å². The number of hydrogen-bond donors (Lipinski definition) is 3. The Morgan fingerprint density at radius 3 is 2.29 bits per heavy atom. The molecule has 5 N–H and O–H groups in total. The van der Waals surface area contributed by atoms with Crippen molar-refractivity contribution in [3.05, 3.63) is 0 Å². The molecular formula is C10H20N4O3. The van der Waals surface area contributed by atoms with E-state index in [1.165, 1.54) is 4.90 Å². The topological polar surface area (TPSA) is 119 Å². The van der Waals surface area contributed by atoms with Crippen molar-refractivity contribution >= 4 is 17.7 Å². The average molecular weight is 244 g/mol. The van der Waals surface area contributed by atoms with Gasteiger partial charge in [0.2, 0.25) is 17.7 Å². The monoisotopic (exact) mass is 244 g/mol. The number of carbonyl (C=O) groups is 3. The molecular weight excluding hydrogens is 224 g/mol. The van der Waals surface area contributed by atoms with Gasteiger partial charge in [0.05, 0.1) is 19.6 Å². The third-order valence-electron chi connectivity index (χ3n) is 1.91. The molecule has 98 valence electrons. The van der Waals surface area contributed by atoms with Crippen LogP contribution >= 0.6 is 0 Å². The SMILES string of the molecule is CC(C)CN(CC(N)=O)C(=O)CNC(=O)CN. The first-order valence-electron chi connectivity index (χ1n) is 5.39. The fourth-order valence-corrected chi connectivity index (χ4v) is 1.24. The zero-order valence-corrected chi connectivity index (χ0v) is 10.2. The Balaban J connectivity index is 4.31. The molecule has 0 saturated heterocycles. The Labute approximate surface area is 100 Å². The lowest BCUT2D eigenvalue weighted by Gasteiger charge is -2.23. The van der Waals surface area contributed by atoms with Crippen LogP contribution in [0, 0.1) is 5.92 Å². The number of primary amides is 1. The quantitative estimate of drug-likeness (QED) is 0.481. The number of rotatable bonds is 7. The molecule has 17 heavy (non-hydrogen) atoms. The molecule has 0 rings (SSSR count). The van der Waals surface area contributed by atoms with Gasteiger partial charge in [0, 0.05) is 6.54 Å². The largest absolute Gasteiger partial charge is 0.368 e. The molecule has 0 aliphatic carbocycles. The smallest absolute Gasteiger partial charge is 0.242 e. The van der Waals surface area contributed by atoms with Gasteiger partial charge in [-0.2, -0.15) is 0 Å². The second kappa shape index (κ2) is 7.61. The Kier molecular flexibility index (Phi) is 6.88. The summed E-state index contributed by atoms with van der Waals surface area (Å²) in [6, 6.07) is 0. The molecule has 0 aromatic rings. The van der Waals surface area contributed by atoms with Crippen molar-refractivity contribution < 1.29 is 14.4 Å². The van der Waals surface area contributed by atoms with Gasteiger partial charge in [-0.3, -0.25) is 14.4 Å². The minimum atomic E-state index is -0.579. The molecule has 0 saturated carbocycles. The van der Waals surface area contributed by atoms with Crippen LogP contribution in [0.25, 0.3) is 0 Å². The van der Waals surface area contributed by atoms with Crippen molar-refractivity contribution in [1.29, 1.82) is 0 Å². The van der Waals surface area contributed by atoms with Gasteiger partial charge in [-0.05, 0) is 5.92 Å². The van der Waals surface area contributed by atoms with Crippen LogP contribution < -0.4 is 16.8 Å². The van der Waals surface area contributed by atoms with Gasteiger partial charge in [0.1, 0.15) is 0 Å². The highest BCUT2D eigenvalue weighted by Gasteiger charge is 2.17. The molecule has 0 radical (unpaired) electrons. The molecule has 0 aliphatic rings. The van der Waals surface area contributed by atoms with E-state index in [0.29, 0.717) is 6.54 Å². The summed E-state index contributed by atoms with van der Waals surface area (Å²) in [5.74, 6) is -1.13. The van der Waals surface area contributed by atoms with Gasteiger partial charge in [-0.1, -0.05) is 13.8 Å². The van der Waals surface area contributed by atoms with Gasteiger partial charge < -0.3 is 21.7 Å². The Morgan fingerprint density at radius 2 is 1.88 bits per heavy atom. The molecule has 0 heterocycles. The molecule has 3 amide bonds. The van der Waals surface area contributed by atoms with Crippen LogP contribution in [0.4, 0.5) is 0 Å². The van der Waals surface area contributed by atoms with Gasteiger partial charge in [-0.15, -0.1) is 0 Å². The zero-order chi connectivity index (χ0) is 13.4. The maximum Gasteiger partial charge on any atom is 0.242 e. The first kappa shape index (κ1) is 15.4. The molecule has 7 nitrogen and oxygen atoms in total. The summed E-state index contributed by atoms with van der Waals surface area (Å²) in [7, 11) is 0. The van der Waals surface area contributed by atoms with Crippen LogP contribution in [0.2, 0.25) is 0 Å². The lowest BCUT2D eigenvalue weighted by molar-refractivity contribution is -0.136. The Hall–Kier alpha value is -1.63. The van der Waals surface area contributed by atoms with Crippen LogP contribution in [0.1, 0.15) is 13.8 Å². The van der Waals surface area contributed by atoms with E-state index in [-0.39, 0.29) is 31.5 Å². The van der Waals surface area contributed by atoms with E-state index in [0.717, 1.165) is 0 Å². The van der Waals surface area contributed by atoms with E-state index in [1.807, 2.05) is 13.8 Å². The van der Waals surface area contributed by atoms with Crippen LogP contribution in [-0.4, -0.2) is 48.8 Å². The summed E-state index contributed by atoms with van der Waals surface area (Å²) in [4.78, 5) is 34.7. The highest BCUT2D eigenvalue weighted by molar-refractivity contribution is 5.88. The summed E-state index contributed by atoms with van der Waals surface area (Å²) < 4.78 is 0. The van der Waals surface area contributed by atoms with Crippen molar-refractivity contribution in [2.45, 2.75) is 13.8 Å². The second-order valence-corrected chi connectivity index (χ2v) is 4.12. The molecule has 0 bridgehead atoms. The number of nitrogens with one attached hydrogen (secondary N) is 1. The van der Waals surface area contributed by atoms with Crippen molar-refractivity contribution in [3.8, 4) is 0 Å². The van der Waals surface area contributed by atoms with E-state index in [4.69, 9.17) is 11.5 Å². The molecule has 0 aliphatic heterocycles. The standard InChI is InChI=1S/C10H20N4O3/c1-7(2)5-14(6-8(12)15)10(17)4-13-9(16)3-11/h7H,3-6,11H2,1-2H3,(H2,12,15)(H,13,16). The Morgan fingerprint density at radius 1 is 1.29 bits per heavy atom. The fraction of sp³-hybridized carbons (Fsp3) is 0.700. The van der Waals surface area contributed by atoms with Crippen LogP contribution in [-0.2, 0) is 14.4 Å². The van der Waals surface area contributed by atoms with Crippen LogP contribution in [0.15, 0.2) is 0 Å². The van der Waals surface area contributed by atoms with E-state index in [9.17, 15) is 14.4 Å². The molecule has 7 heteroatoms. The van der Waals surface area contributed by atoms with Gasteiger partial charge in [0.25, 0.3) is 0 Å². The number of nitrogens with two attached hydrogens (primary N) is 2. The molecule has 0 aromatic heterocycles. The number of nitrogens with zero attached hydrogens (tertiary/aromatic N) is 1. The summed E-state index contributed by atoms with van der Waals surface area (Å²) >= 11 is 0. The summed E-state index contributed by atoms with van der Waals surface area (Å²) in [5.41, 5.74) is 10.1. The maximum atomic E-state index is 11.7. The fourth-order valence-electron chi connectivity index (χ4n) is 1.24. The summed E-state index contributed by atoms with van der Waals surface area (Å²) in [5, 5.41) is 2.35. The minimum Gasteiger partial charge on any atom is -0.368 e. The highest BCUT2D eigenvalue weighted by Crippen LogP contribution is 1.98. The maximum absolute atomic E-state index is 11.7. The predicted molar refractivity (Wildman–Crippen MR) is 62.7 cm³/mol. The van der Waals surface area contributed by atoms with E-state index in [2.05, 4.69) is 5.32 Å². The van der Waals surface area contributed by atoms with Crippen LogP contribution in [0.5, 0.6) is 0 Å². The number of carbonyl (C=O) groups excluding carboxylic acids is 3. The van der Waals surface area contributed by atoms with Crippen molar-refractivity contribution in [2.75, 3.05) is 26.2 Å². The van der Waals surface area contributed by atoms with Gasteiger partial charge >= 0.3 is 0 Å². The van der Waals surface area contributed by atoms with E-state index < -0.39 is 11.8 Å². The lowest BCUT2D eigenvalue weighted by atomic mass is 10.2. The zero-order valence-electron chi connectivity index (χ0n) is 10.2. The first-order valence-corrected chi connectivity index (χ1v) is 5.39. The van der Waals surface area contributed by atoms with Crippen molar-refractivity contribution in [3.63, 3.8) is 0 Å². The Bertz CT molecular complexity index is 291. The highest BCUT2D eigenvalue weighted by atomic mass is 16.2. The average Bonchev–Trinajstić information content (AvgIpc) is 2.23. The summed E-state index contributed by atoms with van der Waals surface area (Å²) in [6.45, 7) is 3.76. The van der Waals surface area contributed by atoms with Gasteiger partial charge in [-0.25, -0.2) is 0 Å². The third-order valence-corrected chi connectivity index (χ3v) is 1.91. The number of amides is 3. The minimum absolute atomic E-state index is 0.143. The normalized spacial score (nSPS) is 10.1. The molecule has 0 unspecified atom stereocenters. The third kappa shape index (κ3) is 7.29. The molecule has 0 aromatic carbocycles. The van der Waals surface area contributed by atoms with E-state index in [1.54, 1.807) is 0 Å². The molecule has 0 atom stereocenters. The summed E-state index contributed by atoms with van der Waals surface area (Å²) in [6.07, 6.45) is 0. The first-order chi connectivity index (χ1) is 7.86. The van der Waals surface area contributed by atoms with Crippen molar-refractivity contribution in [1.82, 2.24) is 10.2 Å². The van der Waals surface area contributed by atoms with E-state index >= 15 is 0 Å². The number of hydrogen-bond acceptors (Lipinski definition) is 4. The molecule has 0 fully saturated rings. The van der Waals surface area contributed by atoms with Crippen molar-refractivity contribution in [2.24, 2.45) is 17.4 Å². The predicted octanol–water partition coefficient (Wildman–Crippen LogP) is -1.97. The lowest BCUT2D eigenvalue weighted by Crippen LogP contribution is -2.46. The van der Waals surface area contributed by atoms with Crippen LogP contribution in [0.3, 0.4) is 0 Å². The second-order valence-electron chi connectivity index (χ2n) is 4.12. The molecule has 0 spiro atoms.